The molecular weight excluding hydrogens is 530 g/mol. The van der Waals surface area contributed by atoms with Gasteiger partial charge in [-0.2, -0.15) is 13.9 Å². The van der Waals surface area contributed by atoms with Crippen molar-refractivity contribution in [1.29, 1.82) is 0 Å². The SMILES string of the molecule is C=CC(=O)NC1=CC(Nc2cc(-c3ccc4c(cnn4C)c3)ncn2)=C(OC(F)F)CC1N(C)CCN(C)C(C)C. The molecule has 0 radical (unpaired) electrons. The van der Waals surface area contributed by atoms with Crippen molar-refractivity contribution in [3.8, 4) is 11.3 Å². The number of allylic oxidation sites excluding steroid dienone is 1. The van der Waals surface area contributed by atoms with Crippen LogP contribution in [0.3, 0.4) is 0 Å². The first kappa shape index (κ1) is 29.8. The van der Waals surface area contributed by atoms with Gasteiger partial charge in [0, 0.05) is 55.3 Å². The van der Waals surface area contributed by atoms with Crippen LogP contribution in [0.5, 0.6) is 0 Å². The summed E-state index contributed by atoms with van der Waals surface area (Å²) < 4.78 is 33.8. The number of hydrogen-bond acceptors (Lipinski definition) is 8. The van der Waals surface area contributed by atoms with Crippen LogP contribution < -0.4 is 10.6 Å². The Kier molecular flexibility index (Phi) is 9.46. The predicted molar refractivity (Wildman–Crippen MR) is 155 cm³/mol. The Morgan fingerprint density at radius 2 is 2.02 bits per heavy atom. The maximum Gasteiger partial charge on any atom is 0.387 e. The number of nitrogens with zero attached hydrogens (tertiary/aromatic N) is 6. The van der Waals surface area contributed by atoms with E-state index in [2.05, 4.69) is 51.0 Å². The van der Waals surface area contributed by atoms with E-state index in [4.69, 9.17) is 4.74 Å². The molecule has 1 unspecified atom stereocenters. The van der Waals surface area contributed by atoms with Crippen molar-refractivity contribution in [3.05, 3.63) is 72.7 Å². The molecule has 4 rings (SSSR count). The first-order valence-corrected chi connectivity index (χ1v) is 13.3. The minimum Gasteiger partial charge on any atom is -0.437 e. The molecule has 1 aliphatic rings. The molecule has 12 heteroatoms. The number of likely N-dealkylation sites (N-methyl/N-ethyl adjacent to an activating group) is 2. The van der Waals surface area contributed by atoms with E-state index in [1.54, 1.807) is 23.0 Å². The molecular formula is C29H36F2N8O2. The van der Waals surface area contributed by atoms with E-state index < -0.39 is 18.6 Å². The van der Waals surface area contributed by atoms with Crippen LogP contribution in [-0.4, -0.2) is 81.3 Å². The molecule has 3 aromatic rings. The molecule has 0 spiro atoms. The summed E-state index contributed by atoms with van der Waals surface area (Å²) in [6.45, 7) is 6.11. The third-order valence-corrected chi connectivity index (χ3v) is 7.21. The predicted octanol–water partition coefficient (Wildman–Crippen LogP) is 4.12. The largest absolute Gasteiger partial charge is 0.437 e. The van der Waals surface area contributed by atoms with Gasteiger partial charge in [-0.3, -0.25) is 14.4 Å². The highest BCUT2D eigenvalue weighted by Gasteiger charge is 2.30. The van der Waals surface area contributed by atoms with Gasteiger partial charge in [-0.25, -0.2) is 9.97 Å². The third-order valence-electron chi connectivity index (χ3n) is 7.21. The minimum atomic E-state index is -3.02. The van der Waals surface area contributed by atoms with Gasteiger partial charge in [0.1, 0.15) is 17.9 Å². The van der Waals surface area contributed by atoms with Crippen LogP contribution in [-0.2, 0) is 16.6 Å². The van der Waals surface area contributed by atoms with Gasteiger partial charge in [0.05, 0.1) is 29.1 Å². The summed E-state index contributed by atoms with van der Waals surface area (Å²) in [7, 11) is 5.78. The van der Waals surface area contributed by atoms with E-state index >= 15 is 0 Å². The molecule has 218 valence electrons. The number of aryl methyl sites for hydroxylation is 1. The summed E-state index contributed by atoms with van der Waals surface area (Å²) in [5.74, 6) is 0.0342. The number of amides is 1. The van der Waals surface area contributed by atoms with E-state index in [1.165, 1.54) is 12.4 Å². The van der Waals surface area contributed by atoms with Gasteiger partial charge >= 0.3 is 6.61 Å². The normalized spacial score (nSPS) is 15.7. The van der Waals surface area contributed by atoms with Crippen LogP contribution in [0.4, 0.5) is 14.6 Å². The average molecular weight is 567 g/mol. The van der Waals surface area contributed by atoms with Crippen molar-refractivity contribution in [3.63, 3.8) is 0 Å². The molecule has 2 aromatic heterocycles. The van der Waals surface area contributed by atoms with Crippen LogP contribution in [0.2, 0.25) is 0 Å². The standard InChI is InChI=1S/C29H36F2N8O2/c1-7-28(40)36-22-13-23(26(41-29(30)31)15-25(22)38(5)11-10-37(4)18(2)3)35-27-14-21(32-17-33-27)19-8-9-24-20(12-19)16-34-39(24)6/h7-9,12-14,16-18,25,29H,1,10-11,15H2,2-6H3,(H,36,40)(H,32,33,35). The fraction of sp³-hybridized carbons (Fsp3) is 0.379. The van der Waals surface area contributed by atoms with Crippen LogP contribution in [0.15, 0.2) is 72.7 Å². The Labute approximate surface area is 238 Å². The number of aromatic nitrogens is 4. The summed E-state index contributed by atoms with van der Waals surface area (Å²) in [5, 5.41) is 11.2. The number of benzene rings is 1. The number of carbonyl (C=O) groups is 1. The molecule has 1 aliphatic carbocycles. The molecule has 2 heterocycles. The summed E-state index contributed by atoms with van der Waals surface area (Å²) in [6.07, 6.45) is 6.06. The Hall–Kier alpha value is -4.16. The smallest absolute Gasteiger partial charge is 0.387 e. The van der Waals surface area contributed by atoms with Gasteiger partial charge in [-0.1, -0.05) is 12.6 Å². The average Bonchev–Trinajstić information content (AvgIpc) is 3.32. The van der Waals surface area contributed by atoms with Crippen molar-refractivity contribution in [1.82, 2.24) is 34.9 Å². The van der Waals surface area contributed by atoms with E-state index in [0.717, 1.165) is 23.0 Å². The van der Waals surface area contributed by atoms with Crippen molar-refractivity contribution in [2.75, 3.05) is 32.5 Å². The van der Waals surface area contributed by atoms with E-state index in [-0.39, 0.29) is 17.9 Å². The first-order chi connectivity index (χ1) is 19.5. The molecule has 0 saturated carbocycles. The van der Waals surface area contributed by atoms with Crippen molar-refractivity contribution in [2.24, 2.45) is 7.05 Å². The molecule has 0 bridgehead atoms. The van der Waals surface area contributed by atoms with Gasteiger partial charge in [0.25, 0.3) is 0 Å². The summed E-state index contributed by atoms with van der Waals surface area (Å²) in [4.78, 5) is 25.2. The maximum absolute atomic E-state index is 13.5. The zero-order chi connectivity index (χ0) is 29.7. The molecule has 0 saturated heterocycles. The van der Waals surface area contributed by atoms with E-state index in [0.29, 0.717) is 29.8 Å². The quantitative estimate of drug-likeness (QED) is 0.316. The second-order valence-corrected chi connectivity index (χ2v) is 10.2. The van der Waals surface area contributed by atoms with Gasteiger partial charge < -0.3 is 20.3 Å². The van der Waals surface area contributed by atoms with Crippen molar-refractivity contribution >= 4 is 22.6 Å². The molecule has 41 heavy (non-hydrogen) atoms. The molecule has 0 fully saturated rings. The number of ether oxygens (including phenoxy) is 1. The Bertz CT molecular complexity index is 1470. The monoisotopic (exact) mass is 566 g/mol. The lowest BCUT2D eigenvalue weighted by molar-refractivity contribution is -0.116. The van der Waals surface area contributed by atoms with Gasteiger partial charge in [0.15, 0.2) is 0 Å². The Morgan fingerprint density at radius 1 is 1.24 bits per heavy atom. The van der Waals surface area contributed by atoms with Gasteiger partial charge in [-0.05, 0) is 52.2 Å². The zero-order valence-corrected chi connectivity index (χ0v) is 23.9. The van der Waals surface area contributed by atoms with Crippen LogP contribution in [0, 0.1) is 0 Å². The fourth-order valence-electron chi connectivity index (χ4n) is 4.53. The second kappa shape index (κ2) is 13.0. The van der Waals surface area contributed by atoms with Crippen molar-refractivity contribution in [2.45, 2.75) is 39.0 Å². The lowest BCUT2D eigenvalue weighted by Gasteiger charge is -2.35. The highest BCUT2D eigenvalue weighted by Crippen LogP contribution is 2.30. The maximum atomic E-state index is 13.5. The van der Waals surface area contributed by atoms with Gasteiger partial charge in [0.2, 0.25) is 5.91 Å². The van der Waals surface area contributed by atoms with Gasteiger partial charge in [-0.15, -0.1) is 0 Å². The number of rotatable bonds is 12. The van der Waals surface area contributed by atoms with Crippen LogP contribution >= 0.6 is 0 Å². The third kappa shape index (κ3) is 7.33. The number of halogens is 2. The Morgan fingerprint density at radius 3 is 2.73 bits per heavy atom. The number of anilines is 1. The van der Waals surface area contributed by atoms with Crippen LogP contribution in [0.25, 0.3) is 22.2 Å². The van der Waals surface area contributed by atoms with Crippen molar-refractivity contribution < 1.29 is 18.3 Å². The Balaban J connectivity index is 1.64. The van der Waals surface area contributed by atoms with E-state index in [9.17, 15) is 13.6 Å². The highest BCUT2D eigenvalue weighted by atomic mass is 19.3. The number of fused-ring (bicyclic) bond motifs is 1. The number of nitrogens with one attached hydrogen (secondary N) is 2. The molecule has 10 nitrogen and oxygen atoms in total. The zero-order valence-electron chi connectivity index (χ0n) is 23.9. The topological polar surface area (TPSA) is 100 Å². The molecule has 1 aromatic carbocycles. The second-order valence-electron chi connectivity index (χ2n) is 10.2. The van der Waals surface area contributed by atoms with Crippen LogP contribution in [0.1, 0.15) is 20.3 Å². The lowest BCUT2D eigenvalue weighted by atomic mass is 9.99. The number of hydrogen-bond donors (Lipinski definition) is 2. The summed E-state index contributed by atoms with van der Waals surface area (Å²) in [6, 6.07) is 7.52. The first-order valence-electron chi connectivity index (χ1n) is 13.3. The summed E-state index contributed by atoms with van der Waals surface area (Å²) in [5.41, 5.74) is 3.26. The minimum absolute atomic E-state index is 0.0580. The molecule has 1 amide bonds. The molecule has 2 N–H and O–H groups in total. The number of carbonyl (C=O) groups excluding carboxylic acids is 1. The highest BCUT2D eigenvalue weighted by molar-refractivity contribution is 5.88. The van der Waals surface area contributed by atoms with E-state index in [1.807, 2.05) is 44.2 Å². The molecule has 1 atom stereocenters. The number of alkyl halides is 2. The lowest BCUT2D eigenvalue weighted by Crippen LogP contribution is -2.45. The summed E-state index contributed by atoms with van der Waals surface area (Å²) >= 11 is 0. The fourth-order valence-corrected chi connectivity index (χ4v) is 4.53. The molecule has 0 aliphatic heterocycles.